The van der Waals surface area contributed by atoms with Crippen LogP contribution in [0.1, 0.15) is 11.3 Å². The third kappa shape index (κ3) is 3.17. The highest BCUT2D eigenvalue weighted by atomic mass is 16.1. The first kappa shape index (κ1) is 13.7. The molecule has 2 heterocycles. The summed E-state index contributed by atoms with van der Waals surface area (Å²) < 4.78 is 3.35. The van der Waals surface area contributed by atoms with Gasteiger partial charge in [-0.25, -0.2) is 0 Å². The van der Waals surface area contributed by atoms with E-state index in [0.29, 0.717) is 12.2 Å². The number of nitriles is 1. The molecule has 0 aliphatic rings. The van der Waals surface area contributed by atoms with Crippen LogP contribution in [-0.4, -0.2) is 27.3 Å². The number of nitrogens with one attached hydrogen (secondary N) is 2. The molecular formula is C13H16N6O. The van der Waals surface area contributed by atoms with Crippen molar-refractivity contribution in [2.75, 3.05) is 12.4 Å². The molecule has 0 spiro atoms. The molecule has 0 aliphatic carbocycles. The Bertz CT molecular complexity index is 648. The van der Waals surface area contributed by atoms with Crippen LogP contribution in [0.3, 0.4) is 0 Å². The SMILES string of the molecule is CNC(=O)Cn1cc(NCc2cc(C#N)n(C)c2)cn1. The number of aryl methyl sites for hydroxylation is 1. The number of carbonyl (C=O) groups is 1. The second kappa shape index (κ2) is 5.93. The number of hydrogen-bond donors (Lipinski definition) is 2. The predicted octanol–water partition coefficient (Wildman–Crippen LogP) is 0.451. The van der Waals surface area contributed by atoms with Gasteiger partial charge in [0.1, 0.15) is 18.3 Å². The summed E-state index contributed by atoms with van der Waals surface area (Å²) in [5.74, 6) is -0.0960. The van der Waals surface area contributed by atoms with Gasteiger partial charge < -0.3 is 15.2 Å². The lowest BCUT2D eigenvalue weighted by molar-refractivity contribution is -0.121. The van der Waals surface area contributed by atoms with E-state index in [9.17, 15) is 4.79 Å². The van der Waals surface area contributed by atoms with E-state index in [1.807, 2.05) is 19.3 Å². The van der Waals surface area contributed by atoms with Gasteiger partial charge in [-0.2, -0.15) is 10.4 Å². The summed E-state index contributed by atoms with van der Waals surface area (Å²) in [5.41, 5.74) is 2.47. The zero-order valence-corrected chi connectivity index (χ0v) is 11.4. The smallest absolute Gasteiger partial charge is 0.241 e. The fraction of sp³-hybridized carbons (Fsp3) is 0.308. The zero-order chi connectivity index (χ0) is 14.5. The van der Waals surface area contributed by atoms with E-state index >= 15 is 0 Å². The topological polar surface area (TPSA) is 87.7 Å². The van der Waals surface area contributed by atoms with Crippen LogP contribution in [0.15, 0.2) is 24.7 Å². The maximum atomic E-state index is 11.2. The minimum atomic E-state index is -0.0960. The first-order valence-electron chi connectivity index (χ1n) is 6.14. The molecule has 0 saturated carbocycles. The van der Waals surface area contributed by atoms with Crippen LogP contribution in [-0.2, 0) is 24.9 Å². The minimum absolute atomic E-state index is 0.0960. The van der Waals surface area contributed by atoms with E-state index in [1.165, 1.54) is 0 Å². The Balaban J connectivity index is 1.94. The van der Waals surface area contributed by atoms with E-state index in [4.69, 9.17) is 5.26 Å². The third-order valence-electron chi connectivity index (χ3n) is 2.89. The predicted molar refractivity (Wildman–Crippen MR) is 73.7 cm³/mol. The van der Waals surface area contributed by atoms with Crippen LogP contribution in [0.5, 0.6) is 0 Å². The average Bonchev–Trinajstić information content (AvgIpc) is 3.02. The highest BCUT2D eigenvalue weighted by Crippen LogP contribution is 2.10. The van der Waals surface area contributed by atoms with Crippen LogP contribution < -0.4 is 10.6 Å². The zero-order valence-electron chi connectivity index (χ0n) is 11.4. The standard InChI is InChI=1S/C13H16N6O/c1-15-13(20)9-19-8-11(6-17-19)16-5-10-3-12(4-14)18(2)7-10/h3,6-8,16H,5,9H2,1-2H3,(H,15,20). The van der Waals surface area contributed by atoms with Crippen LogP contribution >= 0.6 is 0 Å². The fourth-order valence-corrected chi connectivity index (χ4v) is 1.81. The van der Waals surface area contributed by atoms with Gasteiger partial charge in [0, 0.05) is 33.0 Å². The maximum Gasteiger partial charge on any atom is 0.241 e. The van der Waals surface area contributed by atoms with Gasteiger partial charge >= 0.3 is 0 Å². The summed E-state index contributed by atoms with van der Waals surface area (Å²) in [6.07, 6.45) is 5.33. The number of amides is 1. The number of nitrogens with zero attached hydrogens (tertiary/aromatic N) is 4. The van der Waals surface area contributed by atoms with Gasteiger partial charge in [0.25, 0.3) is 0 Å². The van der Waals surface area contributed by atoms with Crippen LogP contribution in [0, 0.1) is 11.3 Å². The number of hydrogen-bond acceptors (Lipinski definition) is 4. The highest BCUT2D eigenvalue weighted by molar-refractivity contribution is 5.75. The minimum Gasteiger partial charge on any atom is -0.378 e. The number of rotatable bonds is 5. The molecule has 0 atom stereocenters. The van der Waals surface area contributed by atoms with Gasteiger partial charge in [-0.05, 0) is 11.6 Å². The summed E-state index contributed by atoms with van der Waals surface area (Å²) in [4.78, 5) is 11.2. The lowest BCUT2D eigenvalue weighted by Crippen LogP contribution is -2.23. The van der Waals surface area contributed by atoms with E-state index in [0.717, 1.165) is 11.3 Å². The molecule has 2 rings (SSSR count). The Labute approximate surface area is 116 Å². The van der Waals surface area contributed by atoms with E-state index < -0.39 is 0 Å². The molecule has 20 heavy (non-hydrogen) atoms. The number of anilines is 1. The van der Waals surface area contributed by atoms with Crippen molar-refractivity contribution in [3.63, 3.8) is 0 Å². The maximum absolute atomic E-state index is 11.2. The van der Waals surface area contributed by atoms with E-state index in [1.54, 1.807) is 28.7 Å². The molecule has 104 valence electrons. The van der Waals surface area contributed by atoms with Crippen LogP contribution in [0.4, 0.5) is 5.69 Å². The molecule has 0 fully saturated rings. The first-order chi connectivity index (χ1) is 9.62. The molecule has 1 amide bonds. The summed E-state index contributed by atoms with van der Waals surface area (Å²) in [5, 5.41) is 18.7. The quantitative estimate of drug-likeness (QED) is 0.827. The van der Waals surface area contributed by atoms with Crippen molar-refractivity contribution in [1.82, 2.24) is 19.7 Å². The monoisotopic (exact) mass is 272 g/mol. The van der Waals surface area contributed by atoms with Crippen LogP contribution in [0.25, 0.3) is 0 Å². The van der Waals surface area contributed by atoms with Gasteiger partial charge in [-0.15, -0.1) is 0 Å². The van der Waals surface area contributed by atoms with Crippen LogP contribution in [0.2, 0.25) is 0 Å². The van der Waals surface area contributed by atoms with Gasteiger partial charge in [0.2, 0.25) is 5.91 Å². The number of aromatic nitrogens is 3. The Morgan fingerprint density at radius 1 is 1.50 bits per heavy atom. The molecular weight excluding hydrogens is 256 g/mol. The normalized spacial score (nSPS) is 10.1. The Morgan fingerprint density at radius 3 is 2.95 bits per heavy atom. The van der Waals surface area contributed by atoms with E-state index in [2.05, 4.69) is 21.8 Å². The summed E-state index contributed by atoms with van der Waals surface area (Å²) in [6, 6.07) is 3.96. The summed E-state index contributed by atoms with van der Waals surface area (Å²) >= 11 is 0. The molecule has 7 nitrogen and oxygen atoms in total. The highest BCUT2D eigenvalue weighted by Gasteiger charge is 2.05. The van der Waals surface area contributed by atoms with Crippen molar-refractivity contribution in [3.8, 4) is 6.07 Å². The largest absolute Gasteiger partial charge is 0.378 e. The molecule has 0 radical (unpaired) electrons. The number of likely N-dealkylation sites (N-methyl/N-ethyl adjacent to an activating group) is 1. The third-order valence-corrected chi connectivity index (χ3v) is 2.89. The molecule has 7 heteroatoms. The van der Waals surface area contributed by atoms with Gasteiger partial charge in [0.05, 0.1) is 11.9 Å². The van der Waals surface area contributed by atoms with Crippen molar-refractivity contribution >= 4 is 11.6 Å². The van der Waals surface area contributed by atoms with Crippen molar-refractivity contribution in [1.29, 1.82) is 5.26 Å². The molecule has 0 saturated heterocycles. The molecule has 2 N–H and O–H groups in total. The lowest BCUT2D eigenvalue weighted by Gasteiger charge is -2.01. The lowest BCUT2D eigenvalue weighted by atomic mass is 10.3. The van der Waals surface area contributed by atoms with Crippen molar-refractivity contribution in [2.45, 2.75) is 13.1 Å². The Hall–Kier alpha value is -2.75. The van der Waals surface area contributed by atoms with Crippen molar-refractivity contribution in [2.24, 2.45) is 7.05 Å². The molecule has 2 aromatic rings. The second-order valence-corrected chi connectivity index (χ2v) is 4.41. The summed E-state index contributed by atoms with van der Waals surface area (Å²) in [7, 11) is 3.43. The molecule has 0 aliphatic heterocycles. The fourth-order valence-electron chi connectivity index (χ4n) is 1.81. The Morgan fingerprint density at radius 2 is 2.30 bits per heavy atom. The van der Waals surface area contributed by atoms with E-state index in [-0.39, 0.29) is 12.5 Å². The summed E-state index contributed by atoms with van der Waals surface area (Å²) in [6.45, 7) is 0.795. The Kier molecular flexibility index (Phi) is 4.05. The molecule has 2 aromatic heterocycles. The molecule has 0 aromatic carbocycles. The molecule has 0 unspecified atom stereocenters. The van der Waals surface area contributed by atoms with Crippen molar-refractivity contribution in [3.05, 3.63) is 35.9 Å². The van der Waals surface area contributed by atoms with Gasteiger partial charge in [0.15, 0.2) is 0 Å². The van der Waals surface area contributed by atoms with Crippen molar-refractivity contribution < 1.29 is 4.79 Å². The molecule has 0 bridgehead atoms. The van der Waals surface area contributed by atoms with Gasteiger partial charge in [-0.3, -0.25) is 9.48 Å². The first-order valence-corrected chi connectivity index (χ1v) is 6.14. The number of carbonyl (C=O) groups excluding carboxylic acids is 1. The average molecular weight is 272 g/mol. The second-order valence-electron chi connectivity index (χ2n) is 4.41. The van der Waals surface area contributed by atoms with Gasteiger partial charge in [-0.1, -0.05) is 0 Å².